The molecule has 2 aromatic rings. The molecule has 0 saturated heterocycles. The standard InChI is InChI=1S/C26H33NO2/c1-6-18-27-25(29)23(22(7-2)20-14-10-8-11-15-20)24(19(3)28)26(4,5)21-16-12-9-13-17-21/h6,8-17,22-24H,1,7,18H2,2-5H3,(H,27,29). The highest BCUT2D eigenvalue weighted by Gasteiger charge is 2.46. The number of benzene rings is 2. The Morgan fingerprint density at radius 2 is 1.59 bits per heavy atom. The zero-order valence-electron chi connectivity index (χ0n) is 18.0. The van der Waals surface area contributed by atoms with E-state index in [2.05, 4.69) is 44.8 Å². The van der Waals surface area contributed by atoms with E-state index in [4.69, 9.17) is 0 Å². The second-order valence-corrected chi connectivity index (χ2v) is 8.16. The van der Waals surface area contributed by atoms with E-state index in [-0.39, 0.29) is 17.6 Å². The second kappa shape index (κ2) is 10.2. The lowest BCUT2D eigenvalue weighted by Gasteiger charge is -2.41. The van der Waals surface area contributed by atoms with Crippen molar-refractivity contribution in [2.75, 3.05) is 6.54 Å². The minimum absolute atomic E-state index is 0.0342. The van der Waals surface area contributed by atoms with E-state index in [1.807, 2.05) is 48.5 Å². The van der Waals surface area contributed by atoms with E-state index in [1.165, 1.54) is 0 Å². The lowest BCUT2D eigenvalue weighted by atomic mass is 9.61. The molecule has 2 aromatic carbocycles. The smallest absolute Gasteiger partial charge is 0.224 e. The summed E-state index contributed by atoms with van der Waals surface area (Å²) in [6.45, 7) is 11.9. The van der Waals surface area contributed by atoms with Crippen LogP contribution in [0, 0.1) is 11.8 Å². The summed E-state index contributed by atoms with van der Waals surface area (Å²) >= 11 is 0. The highest BCUT2D eigenvalue weighted by atomic mass is 16.2. The Morgan fingerprint density at radius 1 is 1.03 bits per heavy atom. The molecule has 0 aliphatic carbocycles. The number of hydrogen-bond donors (Lipinski definition) is 1. The predicted octanol–water partition coefficient (Wildman–Crippen LogP) is 5.28. The molecule has 1 amide bonds. The Bertz CT molecular complexity index is 811. The molecule has 0 spiro atoms. The predicted molar refractivity (Wildman–Crippen MR) is 120 cm³/mol. The van der Waals surface area contributed by atoms with Gasteiger partial charge in [0.1, 0.15) is 5.78 Å². The number of Topliss-reactive ketones (excluding diaryl/α,β-unsaturated/α-hetero) is 1. The molecule has 0 bridgehead atoms. The van der Waals surface area contributed by atoms with E-state index < -0.39 is 17.3 Å². The fourth-order valence-corrected chi connectivity index (χ4v) is 4.51. The van der Waals surface area contributed by atoms with Crippen molar-refractivity contribution in [3.8, 4) is 0 Å². The van der Waals surface area contributed by atoms with Crippen molar-refractivity contribution in [2.24, 2.45) is 11.8 Å². The summed E-state index contributed by atoms with van der Waals surface area (Å²) in [6, 6.07) is 20.1. The van der Waals surface area contributed by atoms with E-state index in [0.29, 0.717) is 6.54 Å². The molecule has 3 heteroatoms. The average molecular weight is 392 g/mol. The average Bonchev–Trinajstić information content (AvgIpc) is 2.72. The first-order chi connectivity index (χ1) is 13.8. The Kier molecular flexibility index (Phi) is 7.95. The Morgan fingerprint density at radius 3 is 2.07 bits per heavy atom. The van der Waals surface area contributed by atoms with Gasteiger partial charge >= 0.3 is 0 Å². The molecule has 3 atom stereocenters. The third-order valence-corrected chi connectivity index (χ3v) is 5.92. The normalized spacial score (nSPS) is 14.5. The third kappa shape index (κ3) is 5.23. The molecule has 0 heterocycles. The summed E-state index contributed by atoms with van der Waals surface area (Å²) in [4.78, 5) is 26.4. The molecule has 0 fully saturated rings. The van der Waals surface area contributed by atoms with Gasteiger partial charge in [0.05, 0.1) is 5.92 Å². The van der Waals surface area contributed by atoms with Gasteiger partial charge in [-0.2, -0.15) is 0 Å². The van der Waals surface area contributed by atoms with Gasteiger partial charge in [0.15, 0.2) is 0 Å². The van der Waals surface area contributed by atoms with E-state index >= 15 is 0 Å². The van der Waals surface area contributed by atoms with Gasteiger partial charge in [-0.25, -0.2) is 0 Å². The largest absolute Gasteiger partial charge is 0.352 e. The third-order valence-electron chi connectivity index (χ3n) is 5.92. The maximum absolute atomic E-state index is 13.4. The molecule has 3 nitrogen and oxygen atoms in total. The second-order valence-electron chi connectivity index (χ2n) is 8.16. The lowest BCUT2D eigenvalue weighted by Crippen LogP contribution is -2.48. The number of carbonyl (C=O) groups is 2. The van der Waals surface area contributed by atoms with Crippen molar-refractivity contribution in [1.82, 2.24) is 5.32 Å². The fraction of sp³-hybridized carbons (Fsp3) is 0.385. The van der Waals surface area contributed by atoms with Gasteiger partial charge in [-0.15, -0.1) is 6.58 Å². The lowest BCUT2D eigenvalue weighted by molar-refractivity contribution is -0.136. The van der Waals surface area contributed by atoms with Crippen LogP contribution in [0.5, 0.6) is 0 Å². The molecular formula is C26H33NO2. The summed E-state index contributed by atoms with van der Waals surface area (Å²) in [5.74, 6) is -1.05. The Balaban J connectivity index is 2.60. The minimum Gasteiger partial charge on any atom is -0.352 e. The number of nitrogens with one attached hydrogen (secondary N) is 1. The van der Waals surface area contributed by atoms with Gasteiger partial charge in [-0.05, 0) is 30.4 Å². The number of rotatable bonds is 10. The molecule has 0 aliphatic heterocycles. The summed E-state index contributed by atoms with van der Waals surface area (Å²) in [7, 11) is 0. The maximum Gasteiger partial charge on any atom is 0.224 e. The first kappa shape index (κ1) is 22.6. The van der Waals surface area contributed by atoms with Crippen molar-refractivity contribution in [3.63, 3.8) is 0 Å². The molecule has 154 valence electrons. The molecule has 1 N–H and O–H groups in total. The van der Waals surface area contributed by atoms with Crippen LogP contribution in [-0.4, -0.2) is 18.2 Å². The van der Waals surface area contributed by atoms with Gasteiger partial charge in [-0.1, -0.05) is 87.5 Å². The summed E-state index contributed by atoms with van der Waals surface area (Å²) < 4.78 is 0. The maximum atomic E-state index is 13.4. The van der Waals surface area contributed by atoms with Gasteiger partial charge in [0, 0.05) is 17.9 Å². The monoisotopic (exact) mass is 391 g/mol. The Labute approximate surface area is 175 Å². The minimum atomic E-state index is -0.495. The van der Waals surface area contributed by atoms with Crippen molar-refractivity contribution in [3.05, 3.63) is 84.4 Å². The SMILES string of the molecule is C=CCNC(=O)C(C(CC)c1ccccc1)C(C(C)=O)C(C)(C)c1ccccc1. The molecule has 0 aliphatic rings. The summed E-state index contributed by atoms with van der Waals surface area (Å²) in [6.07, 6.45) is 2.44. The molecule has 0 aromatic heterocycles. The zero-order chi connectivity index (χ0) is 21.4. The molecule has 2 rings (SSSR count). The van der Waals surface area contributed by atoms with Crippen LogP contribution < -0.4 is 5.32 Å². The van der Waals surface area contributed by atoms with Gasteiger partial charge in [0.2, 0.25) is 5.91 Å². The van der Waals surface area contributed by atoms with Gasteiger partial charge in [-0.3, -0.25) is 9.59 Å². The number of carbonyl (C=O) groups excluding carboxylic acids is 2. The van der Waals surface area contributed by atoms with E-state index in [9.17, 15) is 9.59 Å². The van der Waals surface area contributed by atoms with Crippen LogP contribution in [-0.2, 0) is 15.0 Å². The van der Waals surface area contributed by atoms with Crippen LogP contribution in [0.2, 0.25) is 0 Å². The van der Waals surface area contributed by atoms with Crippen molar-refractivity contribution in [2.45, 2.75) is 45.4 Å². The van der Waals surface area contributed by atoms with Crippen LogP contribution in [0.15, 0.2) is 73.3 Å². The molecular weight excluding hydrogens is 358 g/mol. The van der Waals surface area contributed by atoms with Crippen LogP contribution >= 0.6 is 0 Å². The Hall–Kier alpha value is -2.68. The number of ketones is 1. The van der Waals surface area contributed by atoms with Crippen LogP contribution in [0.1, 0.15) is 51.2 Å². The quantitative estimate of drug-likeness (QED) is 0.560. The van der Waals surface area contributed by atoms with E-state index in [1.54, 1.807) is 13.0 Å². The van der Waals surface area contributed by atoms with Gasteiger partial charge in [0.25, 0.3) is 0 Å². The van der Waals surface area contributed by atoms with Crippen molar-refractivity contribution >= 4 is 11.7 Å². The van der Waals surface area contributed by atoms with Crippen LogP contribution in [0.25, 0.3) is 0 Å². The highest BCUT2D eigenvalue weighted by molar-refractivity contribution is 5.89. The number of amides is 1. The number of hydrogen-bond acceptors (Lipinski definition) is 2. The van der Waals surface area contributed by atoms with Crippen molar-refractivity contribution in [1.29, 1.82) is 0 Å². The summed E-state index contributed by atoms with van der Waals surface area (Å²) in [5.41, 5.74) is 1.65. The topological polar surface area (TPSA) is 46.2 Å². The zero-order valence-corrected chi connectivity index (χ0v) is 18.0. The molecule has 29 heavy (non-hydrogen) atoms. The summed E-state index contributed by atoms with van der Waals surface area (Å²) in [5, 5.41) is 2.97. The highest BCUT2D eigenvalue weighted by Crippen LogP contribution is 2.44. The fourth-order valence-electron chi connectivity index (χ4n) is 4.51. The molecule has 0 radical (unpaired) electrons. The van der Waals surface area contributed by atoms with Crippen LogP contribution in [0.3, 0.4) is 0 Å². The van der Waals surface area contributed by atoms with Crippen molar-refractivity contribution < 1.29 is 9.59 Å². The van der Waals surface area contributed by atoms with Crippen LogP contribution in [0.4, 0.5) is 0 Å². The first-order valence-electron chi connectivity index (χ1n) is 10.3. The first-order valence-corrected chi connectivity index (χ1v) is 10.3. The van der Waals surface area contributed by atoms with E-state index in [0.717, 1.165) is 17.5 Å². The molecule has 0 saturated carbocycles. The molecule has 3 unspecified atom stereocenters. The van der Waals surface area contributed by atoms with Gasteiger partial charge < -0.3 is 5.32 Å².